The van der Waals surface area contributed by atoms with Crippen molar-refractivity contribution in [1.82, 2.24) is 24.8 Å². The second kappa shape index (κ2) is 7.99. The highest BCUT2D eigenvalue weighted by Crippen LogP contribution is 2.22. The number of carbonyl (C=O) groups excluding carboxylic acids is 2. The number of ether oxygens (including phenoxy) is 2. The average molecular weight is 390 g/mol. The third-order valence-electron chi connectivity index (χ3n) is 4.37. The Morgan fingerprint density at radius 3 is 2.68 bits per heavy atom. The van der Waals surface area contributed by atoms with E-state index in [4.69, 9.17) is 15.2 Å². The van der Waals surface area contributed by atoms with Crippen LogP contribution in [-0.2, 0) is 20.8 Å². The summed E-state index contributed by atoms with van der Waals surface area (Å²) in [5, 5.41) is 2.61. The lowest BCUT2D eigenvalue weighted by Crippen LogP contribution is -2.47. The van der Waals surface area contributed by atoms with Gasteiger partial charge in [0, 0.05) is 0 Å². The summed E-state index contributed by atoms with van der Waals surface area (Å²) in [5.74, 6) is -0.268. The lowest BCUT2D eigenvalue weighted by Gasteiger charge is -2.24. The summed E-state index contributed by atoms with van der Waals surface area (Å²) in [7, 11) is 0. The number of esters is 1. The minimum Gasteiger partial charge on any atom is -0.461 e. The molecule has 3 N–H and O–H groups in total. The van der Waals surface area contributed by atoms with Crippen molar-refractivity contribution in [2.45, 2.75) is 70.7 Å². The highest BCUT2D eigenvalue weighted by atomic mass is 16.6. The monoisotopic (exact) mass is 390 g/mol. The quantitative estimate of drug-likeness (QED) is 0.738. The Morgan fingerprint density at radius 2 is 2.00 bits per heavy atom. The molecule has 0 radical (unpaired) electrons. The van der Waals surface area contributed by atoms with Crippen LogP contribution in [0.1, 0.15) is 46.5 Å². The second-order valence-electron chi connectivity index (χ2n) is 7.87. The van der Waals surface area contributed by atoms with Gasteiger partial charge in [0.05, 0.1) is 12.9 Å². The van der Waals surface area contributed by atoms with Crippen molar-refractivity contribution in [3.63, 3.8) is 0 Å². The minimum absolute atomic E-state index is 0.0811. The Labute approximate surface area is 162 Å². The van der Waals surface area contributed by atoms with Gasteiger partial charge in [-0.2, -0.15) is 0 Å². The summed E-state index contributed by atoms with van der Waals surface area (Å²) in [6.45, 7) is 5.34. The predicted molar refractivity (Wildman–Crippen MR) is 101 cm³/mol. The standard InChI is InChI=1S/C18H26N6O4/c1-18(2,3)28-17(26)23-12(16(25)27-11-6-4-5-7-11)8-24-10-22-13-14(19)20-9-21-15(13)24/h9-12H,4-8H2,1-3H3,(H,23,26)(H2,19,20,21). The van der Waals surface area contributed by atoms with Crippen LogP contribution < -0.4 is 11.1 Å². The van der Waals surface area contributed by atoms with Gasteiger partial charge in [0.15, 0.2) is 11.5 Å². The molecule has 1 aliphatic rings. The lowest BCUT2D eigenvalue weighted by atomic mass is 10.2. The first-order valence-corrected chi connectivity index (χ1v) is 9.34. The van der Waals surface area contributed by atoms with Crippen LogP contribution >= 0.6 is 0 Å². The molecule has 28 heavy (non-hydrogen) atoms. The fourth-order valence-corrected chi connectivity index (χ4v) is 3.11. The highest BCUT2D eigenvalue weighted by Gasteiger charge is 2.29. The van der Waals surface area contributed by atoms with Gasteiger partial charge in [-0.05, 0) is 46.5 Å². The number of fused-ring (bicyclic) bond motifs is 1. The topological polar surface area (TPSA) is 134 Å². The molecule has 152 valence electrons. The third kappa shape index (κ3) is 4.87. The summed E-state index contributed by atoms with van der Waals surface area (Å²) in [4.78, 5) is 37.3. The number of rotatable bonds is 5. The number of aromatic nitrogens is 4. The van der Waals surface area contributed by atoms with Crippen molar-refractivity contribution in [3.8, 4) is 0 Å². The molecule has 0 saturated heterocycles. The van der Waals surface area contributed by atoms with Crippen LogP contribution in [-0.4, -0.2) is 49.3 Å². The fourth-order valence-electron chi connectivity index (χ4n) is 3.11. The Morgan fingerprint density at radius 1 is 1.29 bits per heavy atom. The maximum Gasteiger partial charge on any atom is 0.408 e. The molecule has 10 nitrogen and oxygen atoms in total. The molecule has 2 aromatic heterocycles. The van der Waals surface area contributed by atoms with Gasteiger partial charge in [0.1, 0.15) is 29.6 Å². The lowest BCUT2D eigenvalue weighted by molar-refractivity contribution is -0.151. The van der Waals surface area contributed by atoms with E-state index in [1.165, 1.54) is 12.7 Å². The van der Waals surface area contributed by atoms with Crippen LogP contribution in [0.3, 0.4) is 0 Å². The van der Waals surface area contributed by atoms with Crippen molar-refractivity contribution in [2.75, 3.05) is 5.73 Å². The van der Waals surface area contributed by atoms with Crippen LogP contribution in [0.5, 0.6) is 0 Å². The number of anilines is 1. The Kier molecular flexibility index (Phi) is 5.66. The van der Waals surface area contributed by atoms with Gasteiger partial charge in [-0.25, -0.2) is 24.5 Å². The van der Waals surface area contributed by atoms with E-state index >= 15 is 0 Å². The Bertz CT molecular complexity index is 853. The smallest absolute Gasteiger partial charge is 0.408 e. The molecule has 1 aliphatic carbocycles. The number of hydrogen-bond acceptors (Lipinski definition) is 8. The first kappa shape index (κ1) is 19.8. The average Bonchev–Trinajstić information content (AvgIpc) is 3.23. The third-order valence-corrected chi connectivity index (χ3v) is 4.37. The Hall–Kier alpha value is -2.91. The zero-order chi connectivity index (χ0) is 20.3. The molecule has 1 unspecified atom stereocenters. The number of carbonyl (C=O) groups is 2. The van der Waals surface area contributed by atoms with Crippen molar-refractivity contribution in [2.24, 2.45) is 0 Å². The molecule has 0 spiro atoms. The van der Waals surface area contributed by atoms with E-state index in [-0.39, 0.29) is 18.5 Å². The number of nitrogens with two attached hydrogens (primary N) is 1. The molecular weight excluding hydrogens is 364 g/mol. The van der Waals surface area contributed by atoms with Gasteiger partial charge >= 0.3 is 12.1 Å². The van der Waals surface area contributed by atoms with Crippen molar-refractivity contribution in [1.29, 1.82) is 0 Å². The maximum atomic E-state index is 12.7. The molecule has 2 heterocycles. The second-order valence-corrected chi connectivity index (χ2v) is 7.87. The number of nitrogens with zero attached hydrogens (tertiary/aromatic N) is 4. The van der Waals surface area contributed by atoms with Gasteiger partial charge in [-0.3, -0.25) is 0 Å². The molecule has 0 aromatic carbocycles. The van der Waals surface area contributed by atoms with Gasteiger partial charge < -0.3 is 25.1 Å². The predicted octanol–water partition coefficient (Wildman–Crippen LogP) is 1.79. The number of amides is 1. The maximum absolute atomic E-state index is 12.7. The van der Waals surface area contributed by atoms with Crippen molar-refractivity contribution < 1.29 is 19.1 Å². The van der Waals surface area contributed by atoms with Gasteiger partial charge in [0.2, 0.25) is 0 Å². The number of hydrogen-bond donors (Lipinski definition) is 2. The molecule has 0 bridgehead atoms. The summed E-state index contributed by atoms with van der Waals surface area (Å²) in [6, 6.07) is -0.955. The van der Waals surface area contributed by atoms with Crippen LogP contribution in [0.2, 0.25) is 0 Å². The number of imidazole rings is 1. The molecule has 3 rings (SSSR count). The van der Waals surface area contributed by atoms with E-state index < -0.39 is 23.7 Å². The van der Waals surface area contributed by atoms with Gasteiger partial charge in [0.25, 0.3) is 0 Å². The molecule has 0 aliphatic heterocycles. The largest absolute Gasteiger partial charge is 0.461 e. The van der Waals surface area contributed by atoms with E-state index in [0.29, 0.717) is 11.2 Å². The van der Waals surface area contributed by atoms with Crippen LogP contribution in [0, 0.1) is 0 Å². The first-order valence-electron chi connectivity index (χ1n) is 9.34. The molecule has 10 heteroatoms. The van der Waals surface area contributed by atoms with E-state index in [2.05, 4.69) is 20.3 Å². The minimum atomic E-state index is -0.955. The van der Waals surface area contributed by atoms with Crippen LogP contribution in [0.25, 0.3) is 11.2 Å². The van der Waals surface area contributed by atoms with E-state index in [1.54, 1.807) is 25.3 Å². The summed E-state index contributed by atoms with van der Waals surface area (Å²) >= 11 is 0. The molecule has 1 fully saturated rings. The summed E-state index contributed by atoms with van der Waals surface area (Å²) < 4.78 is 12.5. The normalized spacial score (nSPS) is 16.1. The van der Waals surface area contributed by atoms with Crippen LogP contribution in [0.4, 0.5) is 10.6 Å². The van der Waals surface area contributed by atoms with Crippen LogP contribution in [0.15, 0.2) is 12.7 Å². The summed E-state index contributed by atoms with van der Waals surface area (Å²) in [6.07, 6.45) is 5.75. The summed E-state index contributed by atoms with van der Waals surface area (Å²) in [5.41, 5.74) is 6.03. The molecule has 2 aromatic rings. The van der Waals surface area contributed by atoms with Crippen molar-refractivity contribution >= 4 is 29.0 Å². The molecule has 1 saturated carbocycles. The molecule has 1 atom stereocenters. The Balaban J connectivity index is 1.78. The highest BCUT2D eigenvalue weighted by molar-refractivity contribution is 5.83. The number of alkyl carbamates (subject to hydrolysis) is 1. The van der Waals surface area contributed by atoms with Crippen molar-refractivity contribution in [3.05, 3.63) is 12.7 Å². The van der Waals surface area contributed by atoms with E-state index in [1.807, 2.05) is 0 Å². The molecule has 1 amide bonds. The number of nitrogen functional groups attached to an aromatic ring is 1. The fraction of sp³-hybridized carbons (Fsp3) is 0.611. The number of nitrogens with one attached hydrogen (secondary N) is 1. The molecular formula is C18H26N6O4. The SMILES string of the molecule is CC(C)(C)OC(=O)NC(Cn1cnc2c(N)ncnc21)C(=O)OC1CCCC1. The first-order chi connectivity index (χ1) is 13.2. The van der Waals surface area contributed by atoms with Gasteiger partial charge in [-0.1, -0.05) is 0 Å². The zero-order valence-corrected chi connectivity index (χ0v) is 16.3. The van der Waals surface area contributed by atoms with Gasteiger partial charge in [-0.15, -0.1) is 0 Å². The van der Waals surface area contributed by atoms with E-state index in [9.17, 15) is 9.59 Å². The van der Waals surface area contributed by atoms with E-state index in [0.717, 1.165) is 25.7 Å². The zero-order valence-electron chi connectivity index (χ0n) is 16.3.